The minimum Gasteiger partial charge on any atom is -0.244 e. The van der Waals surface area contributed by atoms with Crippen LogP contribution in [0.2, 0.25) is 0 Å². The summed E-state index contributed by atoms with van der Waals surface area (Å²) < 4.78 is 0. The van der Waals surface area contributed by atoms with E-state index in [1.807, 2.05) is 12.4 Å². The van der Waals surface area contributed by atoms with Crippen molar-refractivity contribution in [1.82, 2.24) is 9.97 Å². The lowest BCUT2D eigenvalue weighted by Gasteiger charge is -2.10. The van der Waals surface area contributed by atoms with Gasteiger partial charge in [0, 0.05) is 18.0 Å². The van der Waals surface area contributed by atoms with Gasteiger partial charge in [-0.05, 0) is 23.5 Å². The standard InChI is InChI=1S/C14H16N2/c1-3-11(2)12-5-4-6-13(7-12)14-8-15-10-16-9-14/h4-11H,3H2,1-2H3. The van der Waals surface area contributed by atoms with Gasteiger partial charge in [0.2, 0.25) is 0 Å². The number of rotatable bonds is 3. The van der Waals surface area contributed by atoms with Crippen LogP contribution in [0.15, 0.2) is 43.0 Å². The van der Waals surface area contributed by atoms with Crippen molar-refractivity contribution in [3.8, 4) is 11.1 Å². The van der Waals surface area contributed by atoms with Gasteiger partial charge in [0.15, 0.2) is 0 Å². The maximum absolute atomic E-state index is 4.04. The van der Waals surface area contributed by atoms with E-state index in [1.54, 1.807) is 6.33 Å². The summed E-state index contributed by atoms with van der Waals surface area (Å²) in [5.41, 5.74) is 3.65. The Morgan fingerprint density at radius 1 is 1.12 bits per heavy atom. The fourth-order valence-electron chi connectivity index (χ4n) is 1.71. The fraction of sp³-hybridized carbons (Fsp3) is 0.286. The van der Waals surface area contributed by atoms with E-state index >= 15 is 0 Å². The van der Waals surface area contributed by atoms with Crippen LogP contribution in [0, 0.1) is 0 Å². The molecule has 0 amide bonds. The second-order valence-electron chi connectivity index (χ2n) is 4.06. The molecule has 1 heterocycles. The zero-order valence-electron chi connectivity index (χ0n) is 9.72. The summed E-state index contributed by atoms with van der Waals surface area (Å²) >= 11 is 0. The molecule has 0 radical (unpaired) electrons. The van der Waals surface area contributed by atoms with E-state index in [0.717, 1.165) is 12.0 Å². The maximum atomic E-state index is 4.04. The van der Waals surface area contributed by atoms with Gasteiger partial charge in [-0.25, -0.2) is 9.97 Å². The van der Waals surface area contributed by atoms with E-state index in [2.05, 4.69) is 48.1 Å². The molecule has 0 aliphatic carbocycles. The summed E-state index contributed by atoms with van der Waals surface area (Å²) in [4.78, 5) is 8.09. The van der Waals surface area contributed by atoms with Crippen molar-refractivity contribution >= 4 is 0 Å². The lowest BCUT2D eigenvalue weighted by atomic mass is 9.95. The third-order valence-electron chi connectivity index (χ3n) is 2.96. The molecule has 2 aromatic rings. The van der Waals surface area contributed by atoms with Crippen molar-refractivity contribution in [2.24, 2.45) is 0 Å². The molecule has 0 bridgehead atoms. The van der Waals surface area contributed by atoms with Crippen LogP contribution in [-0.4, -0.2) is 9.97 Å². The number of hydrogen-bond acceptors (Lipinski definition) is 2. The van der Waals surface area contributed by atoms with Gasteiger partial charge in [-0.15, -0.1) is 0 Å². The molecule has 0 spiro atoms. The molecule has 0 aliphatic heterocycles. The third-order valence-corrected chi connectivity index (χ3v) is 2.96. The molecule has 82 valence electrons. The quantitative estimate of drug-likeness (QED) is 0.776. The minimum atomic E-state index is 0.601. The molecule has 2 heteroatoms. The van der Waals surface area contributed by atoms with Crippen molar-refractivity contribution in [3.63, 3.8) is 0 Å². The molecule has 1 unspecified atom stereocenters. The average Bonchev–Trinajstić information content (AvgIpc) is 2.39. The molecule has 1 aromatic heterocycles. The van der Waals surface area contributed by atoms with Crippen LogP contribution < -0.4 is 0 Å². The van der Waals surface area contributed by atoms with Gasteiger partial charge in [0.25, 0.3) is 0 Å². The predicted octanol–water partition coefficient (Wildman–Crippen LogP) is 3.66. The second-order valence-corrected chi connectivity index (χ2v) is 4.06. The van der Waals surface area contributed by atoms with Gasteiger partial charge >= 0.3 is 0 Å². The number of aromatic nitrogens is 2. The fourth-order valence-corrected chi connectivity index (χ4v) is 1.71. The summed E-state index contributed by atoms with van der Waals surface area (Å²) in [6, 6.07) is 8.61. The minimum absolute atomic E-state index is 0.601. The molecule has 0 fully saturated rings. The lowest BCUT2D eigenvalue weighted by Crippen LogP contribution is -1.91. The zero-order valence-corrected chi connectivity index (χ0v) is 9.72. The van der Waals surface area contributed by atoms with Crippen LogP contribution in [0.5, 0.6) is 0 Å². The molecule has 2 nitrogen and oxygen atoms in total. The Labute approximate surface area is 96.4 Å². The van der Waals surface area contributed by atoms with Crippen LogP contribution >= 0.6 is 0 Å². The summed E-state index contributed by atoms with van der Waals surface area (Å²) in [5.74, 6) is 0.601. The van der Waals surface area contributed by atoms with Crippen molar-refractivity contribution in [2.45, 2.75) is 26.2 Å². The molecule has 16 heavy (non-hydrogen) atoms. The first-order chi connectivity index (χ1) is 7.81. The number of hydrogen-bond donors (Lipinski definition) is 0. The highest BCUT2D eigenvalue weighted by atomic mass is 14.8. The first-order valence-corrected chi connectivity index (χ1v) is 5.66. The van der Waals surface area contributed by atoms with Gasteiger partial charge < -0.3 is 0 Å². The van der Waals surface area contributed by atoms with Crippen molar-refractivity contribution in [3.05, 3.63) is 48.5 Å². The largest absolute Gasteiger partial charge is 0.244 e. The van der Waals surface area contributed by atoms with E-state index in [9.17, 15) is 0 Å². The van der Waals surface area contributed by atoms with Crippen LogP contribution in [0.1, 0.15) is 31.7 Å². The monoisotopic (exact) mass is 212 g/mol. The summed E-state index contributed by atoms with van der Waals surface area (Å²) in [7, 11) is 0. The van der Waals surface area contributed by atoms with Crippen molar-refractivity contribution in [2.75, 3.05) is 0 Å². The number of benzene rings is 1. The Hall–Kier alpha value is -1.70. The zero-order chi connectivity index (χ0) is 11.4. The highest BCUT2D eigenvalue weighted by Gasteiger charge is 2.04. The van der Waals surface area contributed by atoms with Gasteiger partial charge in [0.1, 0.15) is 6.33 Å². The Bertz CT molecular complexity index is 451. The van der Waals surface area contributed by atoms with E-state index in [1.165, 1.54) is 11.1 Å². The summed E-state index contributed by atoms with van der Waals surface area (Å²) in [6.45, 7) is 4.46. The van der Waals surface area contributed by atoms with E-state index in [-0.39, 0.29) is 0 Å². The molecule has 2 rings (SSSR count). The van der Waals surface area contributed by atoms with Crippen LogP contribution in [0.25, 0.3) is 11.1 Å². The Balaban J connectivity index is 2.36. The maximum Gasteiger partial charge on any atom is 0.115 e. The summed E-state index contributed by atoms with van der Waals surface area (Å²) in [5, 5.41) is 0. The predicted molar refractivity (Wildman–Crippen MR) is 66.2 cm³/mol. The van der Waals surface area contributed by atoms with Gasteiger partial charge in [-0.1, -0.05) is 38.1 Å². The topological polar surface area (TPSA) is 25.8 Å². The molecule has 1 aromatic carbocycles. The smallest absolute Gasteiger partial charge is 0.115 e. The molecule has 1 atom stereocenters. The highest BCUT2D eigenvalue weighted by Crippen LogP contribution is 2.24. The van der Waals surface area contributed by atoms with Crippen LogP contribution in [0.4, 0.5) is 0 Å². The first kappa shape index (κ1) is 10.8. The van der Waals surface area contributed by atoms with Crippen molar-refractivity contribution in [1.29, 1.82) is 0 Å². The Morgan fingerprint density at radius 2 is 1.88 bits per heavy atom. The van der Waals surface area contributed by atoms with E-state index < -0.39 is 0 Å². The third kappa shape index (κ3) is 2.27. The molecule has 0 saturated carbocycles. The van der Waals surface area contributed by atoms with Gasteiger partial charge in [0.05, 0.1) is 0 Å². The molecule has 0 aliphatic rings. The SMILES string of the molecule is CCC(C)c1cccc(-c2cncnc2)c1. The van der Waals surface area contributed by atoms with E-state index in [4.69, 9.17) is 0 Å². The summed E-state index contributed by atoms with van der Waals surface area (Å²) in [6.07, 6.45) is 6.42. The lowest BCUT2D eigenvalue weighted by molar-refractivity contribution is 0.734. The van der Waals surface area contributed by atoms with Crippen LogP contribution in [0.3, 0.4) is 0 Å². The first-order valence-electron chi connectivity index (χ1n) is 5.66. The van der Waals surface area contributed by atoms with Crippen molar-refractivity contribution < 1.29 is 0 Å². The van der Waals surface area contributed by atoms with E-state index in [0.29, 0.717) is 5.92 Å². The number of nitrogens with zero attached hydrogens (tertiary/aromatic N) is 2. The highest BCUT2D eigenvalue weighted by molar-refractivity contribution is 5.62. The molecular formula is C14H16N2. The molecule has 0 saturated heterocycles. The normalized spacial score (nSPS) is 12.4. The average molecular weight is 212 g/mol. The van der Waals surface area contributed by atoms with Gasteiger partial charge in [-0.2, -0.15) is 0 Å². The van der Waals surface area contributed by atoms with Gasteiger partial charge in [-0.3, -0.25) is 0 Å². The second kappa shape index (κ2) is 4.88. The molecular weight excluding hydrogens is 196 g/mol. The molecule has 0 N–H and O–H groups in total. The Morgan fingerprint density at radius 3 is 2.56 bits per heavy atom. The van der Waals surface area contributed by atoms with Crippen LogP contribution in [-0.2, 0) is 0 Å². The Kier molecular flexibility index (Phi) is 3.30.